The number of benzene rings is 7. The quantitative estimate of drug-likeness (QED) is 0.172. The van der Waals surface area contributed by atoms with Gasteiger partial charge in [0.15, 0.2) is 0 Å². The Hall–Kier alpha value is -5.14. The average molecular weight is 576 g/mol. The summed E-state index contributed by atoms with van der Waals surface area (Å²) in [5, 5.41) is 7.93. The standard InChI is InChI=1S/C44H33N/c1-43(2)34-19-12-18-31-29-17-10-11-20-38(29)45(42(31)34)39-25-35-33(24-36(39)43)41-37(44(35,3)4)23-32-28-16-9-8-13-26(28)21-22-30(32)40(41)27-14-6-5-7-15-27/h5-25H,1-4H3. The van der Waals surface area contributed by atoms with Gasteiger partial charge >= 0.3 is 0 Å². The first kappa shape index (κ1) is 25.2. The molecule has 0 fully saturated rings. The van der Waals surface area contributed by atoms with Gasteiger partial charge in [0.25, 0.3) is 0 Å². The lowest BCUT2D eigenvalue weighted by molar-refractivity contribution is 0.625. The van der Waals surface area contributed by atoms with E-state index in [1.54, 1.807) is 0 Å². The first-order valence-electron chi connectivity index (χ1n) is 16.1. The lowest BCUT2D eigenvalue weighted by atomic mass is 9.73. The molecule has 45 heavy (non-hydrogen) atoms. The van der Waals surface area contributed by atoms with Gasteiger partial charge in [-0.1, -0.05) is 131 Å². The van der Waals surface area contributed by atoms with Crippen LogP contribution in [0.25, 0.3) is 71.3 Å². The molecule has 1 aromatic heterocycles. The van der Waals surface area contributed by atoms with Gasteiger partial charge in [0.1, 0.15) is 0 Å². The molecule has 1 aliphatic heterocycles. The molecule has 2 aliphatic rings. The van der Waals surface area contributed by atoms with Crippen molar-refractivity contribution in [1.82, 2.24) is 4.57 Å². The van der Waals surface area contributed by atoms with Gasteiger partial charge in [0.2, 0.25) is 0 Å². The van der Waals surface area contributed by atoms with E-state index in [-0.39, 0.29) is 10.8 Å². The Morgan fingerprint density at radius 3 is 2.00 bits per heavy atom. The summed E-state index contributed by atoms with van der Waals surface area (Å²) in [7, 11) is 0. The SMILES string of the molecule is CC1(C)c2cc3c(cc2-c2c1cc1c(ccc4ccccc41)c2-c1ccccc1)C(C)(C)c1cccc2c4ccccc4n-3c12. The second-order valence-electron chi connectivity index (χ2n) is 14.1. The molecule has 214 valence electrons. The van der Waals surface area contributed by atoms with E-state index in [0.717, 1.165) is 0 Å². The zero-order chi connectivity index (χ0) is 30.2. The maximum absolute atomic E-state index is 2.56. The minimum atomic E-state index is -0.169. The Bertz CT molecular complexity index is 2580. The third-order valence-corrected chi connectivity index (χ3v) is 11.1. The largest absolute Gasteiger partial charge is 0.309 e. The maximum atomic E-state index is 2.56. The van der Waals surface area contributed by atoms with E-state index >= 15 is 0 Å². The van der Waals surface area contributed by atoms with Crippen molar-refractivity contribution in [2.24, 2.45) is 0 Å². The van der Waals surface area contributed by atoms with Crippen LogP contribution in [0.5, 0.6) is 0 Å². The minimum Gasteiger partial charge on any atom is -0.309 e. The number of fused-ring (bicyclic) bond motifs is 11. The number of aromatic nitrogens is 1. The van der Waals surface area contributed by atoms with Crippen molar-refractivity contribution in [3.8, 4) is 27.9 Å². The molecule has 0 saturated carbocycles. The highest BCUT2D eigenvalue weighted by Gasteiger charge is 2.42. The van der Waals surface area contributed by atoms with E-state index in [9.17, 15) is 0 Å². The van der Waals surface area contributed by atoms with Crippen LogP contribution in [0, 0.1) is 0 Å². The van der Waals surface area contributed by atoms with Gasteiger partial charge in [-0.2, -0.15) is 0 Å². The fourth-order valence-electron chi connectivity index (χ4n) is 8.89. The highest BCUT2D eigenvalue weighted by molar-refractivity contribution is 6.17. The van der Waals surface area contributed by atoms with Crippen molar-refractivity contribution < 1.29 is 0 Å². The van der Waals surface area contributed by atoms with Crippen molar-refractivity contribution in [2.75, 3.05) is 0 Å². The smallest absolute Gasteiger partial charge is 0.0582 e. The fourth-order valence-corrected chi connectivity index (χ4v) is 8.89. The fraction of sp³-hybridized carbons (Fsp3) is 0.136. The number of hydrogen-bond acceptors (Lipinski definition) is 0. The van der Waals surface area contributed by atoms with Crippen molar-refractivity contribution in [3.05, 3.63) is 150 Å². The van der Waals surface area contributed by atoms with E-state index < -0.39 is 0 Å². The Labute approximate surface area is 263 Å². The molecule has 7 aromatic carbocycles. The summed E-state index contributed by atoms with van der Waals surface area (Å²) in [5.74, 6) is 0. The molecule has 1 nitrogen and oxygen atoms in total. The Kier molecular flexibility index (Phi) is 4.66. The van der Waals surface area contributed by atoms with Crippen LogP contribution >= 0.6 is 0 Å². The number of hydrogen-bond donors (Lipinski definition) is 0. The predicted octanol–water partition coefficient (Wildman–Crippen LogP) is 11.7. The average Bonchev–Trinajstić information content (AvgIpc) is 3.51. The molecular weight excluding hydrogens is 542 g/mol. The summed E-state index contributed by atoms with van der Waals surface area (Å²) in [6, 6.07) is 48.0. The van der Waals surface area contributed by atoms with Gasteiger partial charge in [-0.3, -0.25) is 0 Å². The van der Waals surface area contributed by atoms with Crippen LogP contribution in [0.4, 0.5) is 0 Å². The van der Waals surface area contributed by atoms with Gasteiger partial charge in [-0.15, -0.1) is 0 Å². The predicted molar refractivity (Wildman–Crippen MR) is 191 cm³/mol. The first-order valence-corrected chi connectivity index (χ1v) is 16.1. The molecule has 1 aliphatic carbocycles. The van der Waals surface area contributed by atoms with Crippen LogP contribution in [-0.2, 0) is 10.8 Å². The topological polar surface area (TPSA) is 4.93 Å². The molecule has 0 amide bonds. The third kappa shape index (κ3) is 3.04. The number of nitrogens with zero attached hydrogens (tertiary/aromatic N) is 1. The summed E-state index contributed by atoms with van der Waals surface area (Å²) in [4.78, 5) is 0. The second kappa shape index (κ2) is 8.31. The summed E-state index contributed by atoms with van der Waals surface area (Å²) in [6.07, 6.45) is 0. The van der Waals surface area contributed by atoms with Crippen molar-refractivity contribution >= 4 is 43.4 Å². The van der Waals surface area contributed by atoms with Gasteiger partial charge in [0.05, 0.1) is 16.7 Å². The zero-order valence-corrected chi connectivity index (χ0v) is 26.1. The molecule has 0 radical (unpaired) electrons. The van der Waals surface area contributed by atoms with Crippen LogP contribution in [0.3, 0.4) is 0 Å². The molecule has 10 rings (SSSR count). The van der Waals surface area contributed by atoms with Crippen LogP contribution < -0.4 is 0 Å². The second-order valence-corrected chi connectivity index (χ2v) is 14.1. The van der Waals surface area contributed by atoms with Crippen LogP contribution in [-0.4, -0.2) is 4.57 Å². The zero-order valence-electron chi connectivity index (χ0n) is 26.1. The maximum Gasteiger partial charge on any atom is 0.0582 e. The molecule has 0 saturated heterocycles. The van der Waals surface area contributed by atoms with Gasteiger partial charge in [0, 0.05) is 21.6 Å². The highest BCUT2D eigenvalue weighted by atomic mass is 15.0. The van der Waals surface area contributed by atoms with Crippen LogP contribution in [0.1, 0.15) is 49.9 Å². The van der Waals surface area contributed by atoms with E-state index in [2.05, 4.69) is 160 Å². The molecule has 0 atom stereocenters. The van der Waals surface area contributed by atoms with E-state index in [0.29, 0.717) is 0 Å². The van der Waals surface area contributed by atoms with Gasteiger partial charge < -0.3 is 4.57 Å². The van der Waals surface area contributed by atoms with Crippen molar-refractivity contribution in [1.29, 1.82) is 0 Å². The molecule has 0 unspecified atom stereocenters. The first-order chi connectivity index (χ1) is 21.9. The Morgan fingerprint density at radius 1 is 0.444 bits per heavy atom. The summed E-state index contributed by atoms with van der Waals surface area (Å²) in [6.45, 7) is 9.70. The van der Waals surface area contributed by atoms with Crippen LogP contribution in [0.15, 0.2) is 127 Å². The van der Waals surface area contributed by atoms with Crippen molar-refractivity contribution in [3.63, 3.8) is 0 Å². The molecule has 0 N–H and O–H groups in total. The summed E-state index contributed by atoms with van der Waals surface area (Å²) >= 11 is 0. The lowest BCUT2D eigenvalue weighted by Crippen LogP contribution is -2.27. The number of para-hydroxylation sites is 2. The number of rotatable bonds is 1. The van der Waals surface area contributed by atoms with Crippen LogP contribution in [0.2, 0.25) is 0 Å². The van der Waals surface area contributed by atoms with Gasteiger partial charge in [-0.25, -0.2) is 0 Å². The normalized spacial score (nSPS) is 15.5. The van der Waals surface area contributed by atoms with Gasteiger partial charge in [-0.05, 0) is 90.3 Å². The molecule has 1 heteroatoms. The molecule has 2 heterocycles. The molecule has 0 spiro atoms. The molecule has 8 aromatic rings. The Morgan fingerprint density at radius 2 is 1.16 bits per heavy atom. The lowest BCUT2D eigenvalue weighted by Gasteiger charge is -2.36. The summed E-state index contributed by atoms with van der Waals surface area (Å²) < 4.78 is 2.56. The summed E-state index contributed by atoms with van der Waals surface area (Å²) in [5.41, 5.74) is 14.7. The third-order valence-electron chi connectivity index (χ3n) is 11.1. The molecular formula is C44H33N. The minimum absolute atomic E-state index is 0.152. The highest BCUT2D eigenvalue weighted by Crippen LogP contribution is 2.58. The monoisotopic (exact) mass is 575 g/mol. The molecule has 0 bridgehead atoms. The van der Waals surface area contributed by atoms with Crippen molar-refractivity contribution in [2.45, 2.75) is 38.5 Å². The van der Waals surface area contributed by atoms with E-state index in [1.165, 1.54) is 93.5 Å². The van der Waals surface area contributed by atoms with E-state index in [1.807, 2.05) is 0 Å². The Balaban J connectivity index is 1.37. The van der Waals surface area contributed by atoms with E-state index in [4.69, 9.17) is 0 Å².